The first-order valence-corrected chi connectivity index (χ1v) is 7.80. The molecule has 0 radical (unpaired) electrons. The van der Waals surface area contributed by atoms with Gasteiger partial charge in [0.25, 0.3) is 0 Å². The molecule has 1 heterocycles. The van der Waals surface area contributed by atoms with Crippen LogP contribution in [-0.2, 0) is 6.42 Å². The van der Waals surface area contributed by atoms with Crippen LogP contribution >= 0.6 is 11.6 Å². The number of nitrogens with one attached hydrogen (secondary N) is 1. The van der Waals surface area contributed by atoms with Crippen LogP contribution in [0.25, 0.3) is 6.08 Å². The number of allylic oxidation sites excluding steroid dienone is 1. The lowest BCUT2D eigenvalue weighted by atomic mass is 9.89. The van der Waals surface area contributed by atoms with Crippen molar-refractivity contribution >= 4 is 17.7 Å². The van der Waals surface area contributed by atoms with Gasteiger partial charge >= 0.3 is 0 Å². The monoisotopic (exact) mass is 277 g/mol. The van der Waals surface area contributed by atoms with E-state index >= 15 is 0 Å². The SMILES string of the molecule is CC=Cc1ccc(C2CCNC2)c(CCCC)c1Cl. The highest BCUT2D eigenvalue weighted by Gasteiger charge is 2.21. The van der Waals surface area contributed by atoms with E-state index in [4.69, 9.17) is 11.6 Å². The van der Waals surface area contributed by atoms with Crippen molar-refractivity contribution < 1.29 is 0 Å². The van der Waals surface area contributed by atoms with Crippen LogP contribution in [0.1, 0.15) is 55.7 Å². The van der Waals surface area contributed by atoms with E-state index < -0.39 is 0 Å². The molecular weight excluding hydrogens is 254 g/mol. The topological polar surface area (TPSA) is 12.0 Å². The fourth-order valence-electron chi connectivity index (χ4n) is 2.87. The molecule has 1 N–H and O–H groups in total. The van der Waals surface area contributed by atoms with Crippen LogP contribution in [0.5, 0.6) is 0 Å². The van der Waals surface area contributed by atoms with Gasteiger partial charge in [0.1, 0.15) is 0 Å². The van der Waals surface area contributed by atoms with Crippen LogP contribution < -0.4 is 5.32 Å². The predicted octanol–water partition coefficient (Wildman–Crippen LogP) is 4.79. The molecule has 19 heavy (non-hydrogen) atoms. The van der Waals surface area contributed by atoms with E-state index in [2.05, 4.69) is 36.5 Å². The highest BCUT2D eigenvalue weighted by atomic mass is 35.5. The molecule has 1 atom stereocenters. The van der Waals surface area contributed by atoms with Crippen molar-refractivity contribution in [1.82, 2.24) is 5.32 Å². The van der Waals surface area contributed by atoms with Gasteiger partial charge in [0, 0.05) is 6.54 Å². The molecule has 1 aromatic rings. The minimum absolute atomic E-state index is 0.643. The van der Waals surface area contributed by atoms with Gasteiger partial charge in [-0.15, -0.1) is 0 Å². The molecule has 1 aliphatic rings. The van der Waals surface area contributed by atoms with Crippen LogP contribution in [-0.4, -0.2) is 13.1 Å². The maximum Gasteiger partial charge on any atom is 0.0513 e. The molecule has 1 aliphatic heterocycles. The maximum atomic E-state index is 6.64. The van der Waals surface area contributed by atoms with Gasteiger partial charge in [0.2, 0.25) is 0 Å². The highest BCUT2D eigenvalue weighted by Crippen LogP contribution is 2.34. The number of rotatable bonds is 5. The zero-order valence-corrected chi connectivity index (χ0v) is 12.8. The third-order valence-corrected chi connectivity index (χ3v) is 4.38. The van der Waals surface area contributed by atoms with Gasteiger partial charge < -0.3 is 5.32 Å². The highest BCUT2D eigenvalue weighted by molar-refractivity contribution is 6.33. The van der Waals surface area contributed by atoms with Crippen LogP contribution in [0.2, 0.25) is 5.02 Å². The van der Waals surface area contributed by atoms with Gasteiger partial charge in [0.05, 0.1) is 5.02 Å². The third kappa shape index (κ3) is 3.40. The molecule has 2 rings (SSSR count). The molecule has 1 nitrogen and oxygen atoms in total. The smallest absolute Gasteiger partial charge is 0.0513 e. The van der Waals surface area contributed by atoms with E-state index in [9.17, 15) is 0 Å². The van der Waals surface area contributed by atoms with E-state index in [0.29, 0.717) is 5.92 Å². The zero-order chi connectivity index (χ0) is 13.7. The van der Waals surface area contributed by atoms with Crippen molar-refractivity contribution in [2.75, 3.05) is 13.1 Å². The summed E-state index contributed by atoms with van der Waals surface area (Å²) in [5.41, 5.74) is 4.01. The van der Waals surface area contributed by atoms with E-state index in [1.807, 2.05) is 6.92 Å². The normalized spacial score (nSPS) is 19.4. The molecule has 0 saturated carbocycles. The second-order valence-electron chi connectivity index (χ2n) is 5.33. The van der Waals surface area contributed by atoms with Crippen molar-refractivity contribution in [2.24, 2.45) is 0 Å². The second kappa shape index (κ2) is 7.12. The molecule has 0 aliphatic carbocycles. The molecule has 0 bridgehead atoms. The first kappa shape index (κ1) is 14.6. The summed E-state index contributed by atoms with van der Waals surface area (Å²) in [5, 5.41) is 4.42. The van der Waals surface area contributed by atoms with E-state index in [1.165, 1.54) is 30.4 Å². The van der Waals surface area contributed by atoms with Crippen molar-refractivity contribution in [3.05, 3.63) is 39.9 Å². The Morgan fingerprint density at radius 1 is 1.42 bits per heavy atom. The number of hydrogen-bond acceptors (Lipinski definition) is 1. The molecule has 1 fully saturated rings. The first-order chi connectivity index (χ1) is 9.27. The van der Waals surface area contributed by atoms with Gasteiger partial charge in [-0.1, -0.05) is 49.2 Å². The largest absolute Gasteiger partial charge is 0.316 e. The quantitative estimate of drug-likeness (QED) is 0.816. The molecule has 0 spiro atoms. The lowest BCUT2D eigenvalue weighted by Gasteiger charge is -2.18. The Morgan fingerprint density at radius 2 is 2.26 bits per heavy atom. The minimum Gasteiger partial charge on any atom is -0.316 e. The molecule has 2 heteroatoms. The summed E-state index contributed by atoms with van der Waals surface area (Å²) >= 11 is 6.64. The Balaban J connectivity index is 2.37. The van der Waals surface area contributed by atoms with Crippen LogP contribution in [0, 0.1) is 0 Å². The summed E-state index contributed by atoms with van der Waals surface area (Å²) in [6, 6.07) is 4.47. The lowest BCUT2D eigenvalue weighted by Crippen LogP contribution is -2.10. The van der Waals surface area contributed by atoms with Crippen molar-refractivity contribution in [1.29, 1.82) is 0 Å². The molecule has 1 aromatic carbocycles. The second-order valence-corrected chi connectivity index (χ2v) is 5.71. The van der Waals surface area contributed by atoms with Crippen molar-refractivity contribution in [3.8, 4) is 0 Å². The Morgan fingerprint density at radius 3 is 2.89 bits per heavy atom. The Bertz CT molecular complexity index is 445. The molecule has 0 amide bonds. The molecular formula is C17H24ClN. The summed E-state index contributed by atoms with van der Waals surface area (Å²) in [4.78, 5) is 0. The fourth-order valence-corrected chi connectivity index (χ4v) is 3.20. The molecule has 0 aromatic heterocycles. The van der Waals surface area contributed by atoms with Gasteiger partial charge in [-0.2, -0.15) is 0 Å². The van der Waals surface area contributed by atoms with E-state index in [0.717, 1.165) is 30.1 Å². The van der Waals surface area contributed by atoms with E-state index in [1.54, 1.807) is 0 Å². The summed E-state index contributed by atoms with van der Waals surface area (Å²) in [6.45, 7) is 6.50. The number of unbranched alkanes of at least 4 members (excludes halogenated alkanes) is 1. The average molecular weight is 278 g/mol. The predicted molar refractivity (Wildman–Crippen MR) is 85.0 cm³/mol. The number of halogens is 1. The first-order valence-electron chi connectivity index (χ1n) is 7.42. The standard InChI is InChI=1S/C17H24ClN/c1-3-5-7-16-15(14-10-11-19-12-14)9-8-13(6-4-2)17(16)18/h4,6,8-9,14,19H,3,5,7,10-12H2,1-2H3. The minimum atomic E-state index is 0.643. The van der Waals surface area contributed by atoms with Crippen molar-refractivity contribution in [3.63, 3.8) is 0 Å². The number of hydrogen-bond donors (Lipinski definition) is 1. The van der Waals surface area contributed by atoms with Gasteiger partial charge in [-0.05, 0) is 55.3 Å². The van der Waals surface area contributed by atoms with Crippen molar-refractivity contribution in [2.45, 2.75) is 45.4 Å². The third-order valence-electron chi connectivity index (χ3n) is 3.94. The van der Waals surface area contributed by atoms with Crippen LogP contribution in [0.15, 0.2) is 18.2 Å². The average Bonchev–Trinajstić information content (AvgIpc) is 2.93. The zero-order valence-electron chi connectivity index (χ0n) is 12.0. The molecule has 1 saturated heterocycles. The Hall–Kier alpha value is -0.790. The van der Waals surface area contributed by atoms with Gasteiger partial charge in [-0.3, -0.25) is 0 Å². The summed E-state index contributed by atoms with van der Waals surface area (Å²) < 4.78 is 0. The summed E-state index contributed by atoms with van der Waals surface area (Å²) in [5.74, 6) is 0.643. The maximum absolute atomic E-state index is 6.64. The Labute approximate surface area is 122 Å². The summed E-state index contributed by atoms with van der Waals surface area (Å²) in [7, 11) is 0. The van der Waals surface area contributed by atoms with Gasteiger partial charge in [0.15, 0.2) is 0 Å². The van der Waals surface area contributed by atoms with Crippen LogP contribution in [0.3, 0.4) is 0 Å². The molecule has 1 unspecified atom stereocenters. The summed E-state index contributed by atoms with van der Waals surface area (Å²) in [6.07, 6.45) is 8.93. The Kier molecular flexibility index (Phi) is 5.47. The van der Waals surface area contributed by atoms with Gasteiger partial charge in [-0.25, -0.2) is 0 Å². The van der Waals surface area contributed by atoms with E-state index in [-0.39, 0.29) is 0 Å². The molecule has 104 valence electrons. The lowest BCUT2D eigenvalue weighted by molar-refractivity contribution is 0.729. The van der Waals surface area contributed by atoms with Crippen LogP contribution in [0.4, 0.5) is 0 Å². The number of benzene rings is 1. The fraction of sp³-hybridized carbons (Fsp3) is 0.529.